The summed E-state index contributed by atoms with van der Waals surface area (Å²) in [6.45, 7) is -2.25. The highest BCUT2D eigenvalue weighted by atomic mass is 31.3. The van der Waals surface area contributed by atoms with Crippen LogP contribution in [0.3, 0.4) is 0 Å². The number of hydrogen-bond acceptors (Lipinski definition) is 11. The second-order valence-electron chi connectivity index (χ2n) is 6.68. The molecule has 0 aliphatic carbocycles. The van der Waals surface area contributed by atoms with E-state index >= 15 is 0 Å². The molecule has 1 aromatic rings. The smallest absolute Gasteiger partial charge is 0.387 e. The zero-order valence-corrected chi connectivity index (χ0v) is 18.4. The van der Waals surface area contributed by atoms with Gasteiger partial charge in [0.05, 0.1) is 6.61 Å². The minimum atomic E-state index is -5.87. The van der Waals surface area contributed by atoms with Crippen molar-refractivity contribution >= 4 is 23.5 Å². The summed E-state index contributed by atoms with van der Waals surface area (Å²) in [5.74, 6) is 0. The van der Waals surface area contributed by atoms with Crippen molar-refractivity contribution in [1.82, 2.24) is 9.55 Å². The number of alkyl halides is 1. The predicted molar refractivity (Wildman–Crippen MR) is 96.6 cm³/mol. The topological polar surface area (TPSA) is 264 Å². The van der Waals surface area contributed by atoms with Crippen LogP contribution >= 0.6 is 23.5 Å². The molecule has 1 aromatic heterocycles. The van der Waals surface area contributed by atoms with Gasteiger partial charge in [0.15, 0.2) is 11.8 Å². The van der Waals surface area contributed by atoms with Crippen LogP contribution in [-0.2, 0) is 31.6 Å². The number of halogens is 1. The van der Waals surface area contributed by atoms with E-state index in [1.807, 2.05) is 4.98 Å². The Balaban J connectivity index is 2.28. The van der Waals surface area contributed by atoms with Gasteiger partial charge in [0.1, 0.15) is 18.4 Å². The number of rotatable bonds is 9. The summed E-state index contributed by atoms with van der Waals surface area (Å²) in [6, 6.07) is 0.842. The molecular formula is C11H18FN2O15P3. The average molecular weight is 530 g/mol. The van der Waals surface area contributed by atoms with E-state index < -0.39 is 71.5 Å². The molecule has 0 aromatic carbocycles. The first-order valence-electron chi connectivity index (χ1n) is 8.08. The highest BCUT2D eigenvalue weighted by molar-refractivity contribution is 7.66. The summed E-state index contributed by atoms with van der Waals surface area (Å²) in [4.78, 5) is 60.6. The zero-order valence-electron chi connectivity index (χ0n) is 15.7. The summed E-state index contributed by atoms with van der Waals surface area (Å²) >= 11 is 0. The van der Waals surface area contributed by atoms with E-state index in [1.165, 1.54) is 0 Å². The van der Waals surface area contributed by atoms with Crippen LogP contribution in [0.25, 0.3) is 0 Å². The van der Waals surface area contributed by atoms with Crippen molar-refractivity contribution in [2.75, 3.05) is 13.3 Å². The van der Waals surface area contributed by atoms with Crippen molar-refractivity contribution in [3.8, 4) is 0 Å². The molecule has 3 unspecified atom stereocenters. The lowest BCUT2D eigenvalue weighted by atomic mass is 9.88. The molecule has 184 valence electrons. The van der Waals surface area contributed by atoms with Gasteiger partial charge in [-0.3, -0.25) is 18.9 Å². The van der Waals surface area contributed by atoms with E-state index in [2.05, 4.69) is 13.1 Å². The molecule has 2 heterocycles. The first-order valence-corrected chi connectivity index (χ1v) is 12.6. The lowest BCUT2D eigenvalue weighted by Crippen LogP contribution is -2.53. The third kappa shape index (κ3) is 6.07. The molecular weight excluding hydrogens is 512 g/mol. The van der Waals surface area contributed by atoms with Crippen LogP contribution < -0.4 is 11.2 Å². The van der Waals surface area contributed by atoms with Crippen molar-refractivity contribution in [1.29, 1.82) is 0 Å². The summed E-state index contributed by atoms with van der Waals surface area (Å²) in [5, 5.41) is 21.0. The second-order valence-corrected chi connectivity index (χ2v) is 11.1. The van der Waals surface area contributed by atoms with E-state index in [9.17, 15) is 42.8 Å². The van der Waals surface area contributed by atoms with Gasteiger partial charge in [-0.1, -0.05) is 0 Å². The zero-order chi connectivity index (χ0) is 24.8. The van der Waals surface area contributed by atoms with Gasteiger partial charge in [-0.2, -0.15) is 8.62 Å². The first-order chi connectivity index (χ1) is 14.3. The van der Waals surface area contributed by atoms with Crippen LogP contribution in [0.5, 0.6) is 0 Å². The molecule has 0 saturated carbocycles. The molecule has 1 saturated heterocycles. The van der Waals surface area contributed by atoms with Gasteiger partial charge in [-0.15, -0.1) is 0 Å². The number of H-pyrrole nitrogens is 1. The number of phosphoric ester groups is 1. The molecule has 1 aliphatic heterocycles. The molecule has 1 fully saturated rings. The minimum Gasteiger partial charge on any atom is -0.387 e. The van der Waals surface area contributed by atoms with E-state index in [0.717, 1.165) is 19.2 Å². The van der Waals surface area contributed by atoms with Gasteiger partial charge in [-0.25, -0.2) is 22.9 Å². The Hall–Kier alpha value is -1.10. The van der Waals surface area contributed by atoms with Crippen molar-refractivity contribution in [3.05, 3.63) is 33.1 Å². The molecule has 7 N–H and O–H groups in total. The van der Waals surface area contributed by atoms with Crippen LogP contribution in [-0.4, -0.2) is 69.9 Å². The normalized spacial score (nSPS) is 32.4. The molecule has 17 nitrogen and oxygen atoms in total. The minimum absolute atomic E-state index is 0.576. The lowest BCUT2D eigenvalue weighted by molar-refractivity contribution is -0.138. The van der Waals surface area contributed by atoms with Gasteiger partial charge in [0.2, 0.25) is 0 Å². The summed E-state index contributed by atoms with van der Waals surface area (Å²) in [7, 11) is -17.2. The Labute approximate surface area is 176 Å². The Kier molecular flexibility index (Phi) is 7.57. The van der Waals surface area contributed by atoms with Crippen LogP contribution in [0, 0.1) is 0 Å². The van der Waals surface area contributed by atoms with Crippen LogP contribution in [0.15, 0.2) is 21.9 Å². The molecule has 0 radical (unpaired) electrons. The highest BCUT2D eigenvalue weighted by Crippen LogP contribution is 2.66. The van der Waals surface area contributed by atoms with Crippen molar-refractivity contribution in [3.63, 3.8) is 0 Å². The van der Waals surface area contributed by atoms with E-state index in [0.29, 0.717) is 4.57 Å². The maximum Gasteiger partial charge on any atom is 0.490 e. The third-order valence-corrected chi connectivity index (χ3v) is 7.90. The van der Waals surface area contributed by atoms with Gasteiger partial charge >= 0.3 is 29.2 Å². The fourth-order valence-corrected chi connectivity index (χ4v) is 5.85. The standard InChI is InChI=1S/C11H18FN2O15P3/c1-10(18)7(16)11(4-12,27-8(10)14-3-2-6(15)13-9(14)17)5-26-31(22,23)29-32(24,25)28-30(19,20)21/h2-3,7-8,16,18H,4-5H2,1H3,(H,22,23)(H,24,25)(H,13,15,17)(H2,19,20,21)/t7-,8?,10+,11+/m0/s1. The van der Waals surface area contributed by atoms with E-state index in [4.69, 9.17) is 19.4 Å². The summed E-state index contributed by atoms with van der Waals surface area (Å²) in [6.07, 6.45) is -3.26. The molecule has 2 rings (SSSR count). The fourth-order valence-electron chi connectivity index (χ4n) is 2.77. The molecule has 6 atom stereocenters. The number of aliphatic hydroxyl groups excluding tert-OH is 1. The van der Waals surface area contributed by atoms with E-state index in [1.54, 1.807) is 0 Å². The molecule has 21 heteroatoms. The largest absolute Gasteiger partial charge is 0.490 e. The Morgan fingerprint density at radius 1 is 1.19 bits per heavy atom. The maximum absolute atomic E-state index is 13.9. The Morgan fingerprint density at radius 3 is 2.28 bits per heavy atom. The van der Waals surface area contributed by atoms with Gasteiger partial charge in [0, 0.05) is 12.3 Å². The number of ether oxygens (including phenoxy) is 1. The van der Waals surface area contributed by atoms with Crippen LogP contribution in [0.2, 0.25) is 0 Å². The SMILES string of the molecule is C[C@]1(O)C(n2ccc(=O)[nH]c2=O)O[C@](CF)(COP(=O)(O)OP(=O)(O)OP(=O)(O)O)[C@H]1O. The maximum atomic E-state index is 13.9. The predicted octanol–water partition coefficient (Wildman–Crippen LogP) is -1.77. The average Bonchev–Trinajstić information content (AvgIpc) is 2.78. The summed E-state index contributed by atoms with van der Waals surface area (Å²) in [5.41, 5.74) is -7.06. The monoisotopic (exact) mass is 530 g/mol. The fraction of sp³-hybridized carbons (Fsp3) is 0.636. The van der Waals surface area contributed by atoms with Gasteiger partial charge < -0.3 is 34.5 Å². The number of aromatic amines is 1. The first kappa shape index (κ1) is 27.1. The number of aromatic nitrogens is 2. The molecule has 0 spiro atoms. The number of nitrogens with one attached hydrogen (secondary N) is 1. The molecule has 1 aliphatic rings. The molecule has 32 heavy (non-hydrogen) atoms. The summed E-state index contributed by atoms with van der Waals surface area (Å²) < 4.78 is 64.8. The highest BCUT2D eigenvalue weighted by Gasteiger charge is 2.63. The lowest BCUT2D eigenvalue weighted by Gasteiger charge is -2.31. The van der Waals surface area contributed by atoms with Crippen molar-refractivity contribution in [2.45, 2.75) is 30.5 Å². The van der Waals surface area contributed by atoms with Gasteiger partial charge in [0.25, 0.3) is 5.56 Å². The van der Waals surface area contributed by atoms with E-state index in [-0.39, 0.29) is 0 Å². The molecule has 0 amide bonds. The van der Waals surface area contributed by atoms with Crippen molar-refractivity contribution in [2.24, 2.45) is 0 Å². The van der Waals surface area contributed by atoms with Crippen LogP contribution in [0.1, 0.15) is 13.2 Å². The van der Waals surface area contributed by atoms with Gasteiger partial charge in [-0.05, 0) is 6.92 Å². The molecule has 0 bridgehead atoms. The number of aliphatic hydroxyl groups is 2. The Morgan fingerprint density at radius 2 is 1.78 bits per heavy atom. The quantitative estimate of drug-likeness (QED) is 0.174. The van der Waals surface area contributed by atoms with Crippen molar-refractivity contribution < 1.29 is 65.8 Å². The number of hydrogen-bond donors (Lipinski definition) is 7. The second kappa shape index (κ2) is 8.92. The Bertz CT molecular complexity index is 1110. The number of phosphoric acid groups is 3. The number of nitrogens with zero attached hydrogens (tertiary/aromatic N) is 1. The third-order valence-electron chi connectivity index (χ3n) is 4.12. The van der Waals surface area contributed by atoms with Crippen LogP contribution in [0.4, 0.5) is 4.39 Å².